The number of nitrogens with two attached hydrogens (primary N) is 2. The molecule has 76 valence electrons. The van der Waals surface area contributed by atoms with E-state index in [2.05, 4.69) is 9.97 Å². The fourth-order valence-electron chi connectivity index (χ4n) is 1.35. The second-order valence-corrected chi connectivity index (χ2v) is 3.19. The van der Waals surface area contributed by atoms with E-state index in [0.29, 0.717) is 12.4 Å². The number of anilines is 1. The van der Waals surface area contributed by atoms with Crippen LogP contribution in [0.25, 0.3) is 11.3 Å². The summed E-state index contributed by atoms with van der Waals surface area (Å²) in [5, 5.41) is 0. The van der Waals surface area contributed by atoms with Crippen LogP contribution in [0.5, 0.6) is 0 Å². The Labute approximate surface area is 88.0 Å². The molecule has 2 rings (SSSR count). The van der Waals surface area contributed by atoms with Crippen molar-refractivity contribution in [2.45, 2.75) is 6.54 Å². The number of nitrogen functional groups attached to an aromatic ring is 1. The molecule has 0 aliphatic heterocycles. The number of hydrogen-bond acceptors (Lipinski definition) is 4. The first-order chi connectivity index (χ1) is 7.31. The zero-order valence-corrected chi connectivity index (χ0v) is 8.22. The van der Waals surface area contributed by atoms with Gasteiger partial charge in [-0.3, -0.25) is 4.98 Å². The maximum absolute atomic E-state index is 5.76. The Morgan fingerprint density at radius 3 is 2.67 bits per heavy atom. The highest BCUT2D eigenvalue weighted by Gasteiger charge is 2.02. The van der Waals surface area contributed by atoms with Crippen LogP contribution in [0.4, 0.5) is 5.82 Å². The lowest BCUT2D eigenvalue weighted by Crippen LogP contribution is -2.03. The first kappa shape index (κ1) is 9.61. The van der Waals surface area contributed by atoms with E-state index in [1.165, 1.54) is 0 Å². The molecule has 0 aliphatic rings. The summed E-state index contributed by atoms with van der Waals surface area (Å²) in [6, 6.07) is 7.60. The van der Waals surface area contributed by atoms with Gasteiger partial charge in [0, 0.05) is 30.1 Å². The molecule has 2 heterocycles. The van der Waals surface area contributed by atoms with Gasteiger partial charge < -0.3 is 11.5 Å². The molecular formula is C11H12N4. The lowest BCUT2D eigenvalue weighted by atomic mass is 10.1. The van der Waals surface area contributed by atoms with Crippen molar-refractivity contribution in [3.63, 3.8) is 0 Å². The molecule has 0 fully saturated rings. The first-order valence-electron chi connectivity index (χ1n) is 4.67. The summed E-state index contributed by atoms with van der Waals surface area (Å²) in [4.78, 5) is 8.30. The van der Waals surface area contributed by atoms with Gasteiger partial charge in [0.2, 0.25) is 0 Å². The fraction of sp³-hybridized carbons (Fsp3) is 0.0909. The minimum Gasteiger partial charge on any atom is -0.383 e. The standard InChI is InChI=1S/C11H12N4/c12-6-8-3-4-10(15-11(8)13)9-2-1-5-14-7-9/h1-5,7H,6,12H2,(H2,13,15). The van der Waals surface area contributed by atoms with Gasteiger partial charge in [-0.1, -0.05) is 6.07 Å². The van der Waals surface area contributed by atoms with Crippen LogP contribution in [0, 0.1) is 0 Å². The number of hydrogen-bond donors (Lipinski definition) is 2. The minimum atomic E-state index is 0.409. The Kier molecular flexibility index (Phi) is 2.60. The fourth-order valence-corrected chi connectivity index (χ4v) is 1.35. The minimum absolute atomic E-state index is 0.409. The maximum atomic E-state index is 5.76. The Morgan fingerprint density at radius 2 is 2.07 bits per heavy atom. The lowest BCUT2D eigenvalue weighted by Gasteiger charge is -2.05. The van der Waals surface area contributed by atoms with E-state index < -0.39 is 0 Å². The molecule has 2 aromatic rings. The molecule has 0 spiro atoms. The summed E-state index contributed by atoms with van der Waals surface area (Å²) in [6.45, 7) is 0.409. The van der Waals surface area contributed by atoms with Crippen molar-refractivity contribution >= 4 is 5.82 Å². The van der Waals surface area contributed by atoms with Gasteiger partial charge in [0.15, 0.2) is 0 Å². The highest BCUT2D eigenvalue weighted by atomic mass is 14.9. The van der Waals surface area contributed by atoms with Gasteiger partial charge in [0.1, 0.15) is 5.82 Å². The molecule has 4 heteroatoms. The molecule has 15 heavy (non-hydrogen) atoms. The second kappa shape index (κ2) is 4.06. The molecule has 0 radical (unpaired) electrons. The third-order valence-corrected chi connectivity index (χ3v) is 2.19. The molecule has 0 aliphatic carbocycles. The number of rotatable bonds is 2. The summed E-state index contributed by atoms with van der Waals surface area (Å²) in [6.07, 6.45) is 3.48. The van der Waals surface area contributed by atoms with Crippen LogP contribution in [0.2, 0.25) is 0 Å². The predicted octanol–water partition coefficient (Wildman–Crippen LogP) is 1.18. The van der Waals surface area contributed by atoms with Crippen molar-refractivity contribution in [1.29, 1.82) is 0 Å². The average Bonchev–Trinajstić information content (AvgIpc) is 2.30. The van der Waals surface area contributed by atoms with Gasteiger partial charge >= 0.3 is 0 Å². The van der Waals surface area contributed by atoms with Gasteiger partial charge in [-0.2, -0.15) is 0 Å². The third-order valence-electron chi connectivity index (χ3n) is 2.19. The molecule has 0 aromatic carbocycles. The average molecular weight is 200 g/mol. The van der Waals surface area contributed by atoms with E-state index in [0.717, 1.165) is 16.8 Å². The summed E-state index contributed by atoms with van der Waals surface area (Å²) in [5.41, 5.74) is 13.9. The Balaban J connectivity index is 2.43. The van der Waals surface area contributed by atoms with Crippen molar-refractivity contribution in [3.8, 4) is 11.3 Å². The highest BCUT2D eigenvalue weighted by Crippen LogP contribution is 2.18. The smallest absolute Gasteiger partial charge is 0.128 e. The molecule has 4 nitrogen and oxygen atoms in total. The van der Waals surface area contributed by atoms with Crippen LogP contribution >= 0.6 is 0 Å². The van der Waals surface area contributed by atoms with E-state index in [9.17, 15) is 0 Å². The zero-order valence-electron chi connectivity index (χ0n) is 8.22. The molecule has 0 atom stereocenters. The number of nitrogens with zero attached hydrogens (tertiary/aromatic N) is 2. The van der Waals surface area contributed by atoms with Gasteiger partial charge in [0.05, 0.1) is 5.69 Å². The topological polar surface area (TPSA) is 77.8 Å². The quantitative estimate of drug-likeness (QED) is 0.763. The normalized spacial score (nSPS) is 10.2. The summed E-state index contributed by atoms with van der Waals surface area (Å²) in [5.74, 6) is 0.485. The Morgan fingerprint density at radius 1 is 1.20 bits per heavy atom. The second-order valence-electron chi connectivity index (χ2n) is 3.19. The van der Waals surface area contributed by atoms with E-state index >= 15 is 0 Å². The van der Waals surface area contributed by atoms with Crippen LogP contribution in [0.3, 0.4) is 0 Å². The van der Waals surface area contributed by atoms with Crippen molar-refractivity contribution in [3.05, 3.63) is 42.2 Å². The number of pyridine rings is 2. The molecule has 0 saturated carbocycles. The number of aromatic nitrogens is 2. The Hall–Kier alpha value is -1.94. The molecule has 4 N–H and O–H groups in total. The lowest BCUT2D eigenvalue weighted by molar-refractivity contribution is 1.06. The molecule has 2 aromatic heterocycles. The van der Waals surface area contributed by atoms with Gasteiger partial charge in [0.25, 0.3) is 0 Å². The van der Waals surface area contributed by atoms with E-state index in [1.54, 1.807) is 12.4 Å². The molecule has 0 saturated heterocycles. The highest BCUT2D eigenvalue weighted by molar-refractivity contribution is 5.60. The van der Waals surface area contributed by atoms with Crippen molar-refractivity contribution in [2.24, 2.45) is 5.73 Å². The zero-order chi connectivity index (χ0) is 10.7. The van der Waals surface area contributed by atoms with Crippen molar-refractivity contribution < 1.29 is 0 Å². The van der Waals surface area contributed by atoms with E-state index in [-0.39, 0.29) is 0 Å². The summed E-state index contributed by atoms with van der Waals surface area (Å²) >= 11 is 0. The van der Waals surface area contributed by atoms with Crippen LogP contribution in [0.1, 0.15) is 5.56 Å². The van der Waals surface area contributed by atoms with Crippen LogP contribution in [0.15, 0.2) is 36.7 Å². The largest absolute Gasteiger partial charge is 0.383 e. The van der Waals surface area contributed by atoms with Gasteiger partial charge in [-0.25, -0.2) is 4.98 Å². The molecule has 0 bridgehead atoms. The van der Waals surface area contributed by atoms with Crippen LogP contribution in [-0.4, -0.2) is 9.97 Å². The van der Waals surface area contributed by atoms with Crippen molar-refractivity contribution in [1.82, 2.24) is 9.97 Å². The summed E-state index contributed by atoms with van der Waals surface area (Å²) < 4.78 is 0. The van der Waals surface area contributed by atoms with Crippen LogP contribution < -0.4 is 11.5 Å². The monoisotopic (exact) mass is 200 g/mol. The van der Waals surface area contributed by atoms with Gasteiger partial charge in [-0.05, 0) is 18.2 Å². The van der Waals surface area contributed by atoms with E-state index in [4.69, 9.17) is 11.5 Å². The van der Waals surface area contributed by atoms with Crippen molar-refractivity contribution in [2.75, 3.05) is 5.73 Å². The van der Waals surface area contributed by atoms with Crippen LogP contribution in [-0.2, 0) is 6.54 Å². The third kappa shape index (κ3) is 1.94. The van der Waals surface area contributed by atoms with E-state index in [1.807, 2.05) is 24.3 Å². The van der Waals surface area contributed by atoms with Gasteiger partial charge in [-0.15, -0.1) is 0 Å². The predicted molar refractivity (Wildman–Crippen MR) is 59.8 cm³/mol. The summed E-state index contributed by atoms with van der Waals surface area (Å²) in [7, 11) is 0. The SMILES string of the molecule is NCc1ccc(-c2cccnc2)nc1N. The molecule has 0 unspecified atom stereocenters. The molecular weight excluding hydrogens is 188 g/mol. The maximum Gasteiger partial charge on any atom is 0.128 e. The Bertz CT molecular complexity index is 453. The first-order valence-corrected chi connectivity index (χ1v) is 4.67. The molecule has 0 amide bonds.